The van der Waals surface area contributed by atoms with Crippen molar-refractivity contribution in [2.75, 3.05) is 41.7 Å². The molecule has 0 spiro atoms. The number of amides is 1. The molecule has 174 valence electrons. The summed E-state index contributed by atoms with van der Waals surface area (Å²) in [5.41, 5.74) is 2.61. The molecule has 1 saturated heterocycles. The fourth-order valence-electron chi connectivity index (χ4n) is 3.69. The highest BCUT2D eigenvalue weighted by atomic mass is 32.2. The van der Waals surface area contributed by atoms with Gasteiger partial charge in [-0.05, 0) is 67.6 Å². The Bertz CT molecular complexity index is 969. The van der Waals surface area contributed by atoms with E-state index in [4.69, 9.17) is 4.74 Å². The highest BCUT2D eigenvalue weighted by Gasteiger charge is 2.21. The largest absolute Gasteiger partial charge is 0.494 e. The van der Waals surface area contributed by atoms with Crippen LogP contribution in [0.5, 0.6) is 5.75 Å². The third kappa shape index (κ3) is 6.88. The summed E-state index contributed by atoms with van der Waals surface area (Å²) >= 11 is 0. The van der Waals surface area contributed by atoms with Gasteiger partial charge in [-0.2, -0.15) is 0 Å². The van der Waals surface area contributed by atoms with Crippen molar-refractivity contribution in [3.05, 3.63) is 54.1 Å². The summed E-state index contributed by atoms with van der Waals surface area (Å²) in [4.78, 5) is 14.9. The molecule has 0 aliphatic carbocycles. The lowest BCUT2D eigenvalue weighted by molar-refractivity contribution is -0.119. The number of hydrogen-bond donors (Lipinski definition) is 1. The third-order valence-electron chi connectivity index (χ3n) is 5.43. The van der Waals surface area contributed by atoms with Gasteiger partial charge in [0.25, 0.3) is 0 Å². The molecule has 0 unspecified atom stereocenters. The second-order valence-electron chi connectivity index (χ2n) is 8.10. The van der Waals surface area contributed by atoms with E-state index in [1.807, 2.05) is 19.1 Å². The van der Waals surface area contributed by atoms with E-state index in [1.54, 1.807) is 24.3 Å². The van der Waals surface area contributed by atoms with Crippen LogP contribution in [0.15, 0.2) is 48.5 Å². The molecule has 1 N–H and O–H groups in total. The Morgan fingerprint density at radius 3 is 2.28 bits per heavy atom. The van der Waals surface area contributed by atoms with Crippen molar-refractivity contribution in [3.8, 4) is 5.75 Å². The number of anilines is 2. The van der Waals surface area contributed by atoms with Crippen LogP contribution in [0.4, 0.5) is 11.4 Å². The number of nitrogens with zero attached hydrogens (tertiary/aromatic N) is 2. The van der Waals surface area contributed by atoms with Gasteiger partial charge in [0.15, 0.2) is 0 Å². The smallest absolute Gasteiger partial charge is 0.241 e. The van der Waals surface area contributed by atoms with Gasteiger partial charge in [0, 0.05) is 25.3 Å². The second kappa shape index (κ2) is 11.2. The van der Waals surface area contributed by atoms with Gasteiger partial charge in [-0.3, -0.25) is 9.10 Å². The Kier molecular flexibility index (Phi) is 8.39. The number of sulfonamides is 1. The lowest BCUT2D eigenvalue weighted by Gasteiger charge is -2.28. The van der Waals surface area contributed by atoms with E-state index >= 15 is 0 Å². The summed E-state index contributed by atoms with van der Waals surface area (Å²) < 4.78 is 31.2. The number of piperidine rings is 1. The zero-order chi connectivity index (χ0) is 23.0. The molecule has 0 saturated carbocycles. The predicted molar refractivity (Wildman–Crippen MR) is 129 cm³/mol. The molecule has 0 bridgehead atoms. The summed E-state index contributed by atoms with van der Waals surface area (Å²) in [7, 11) is -3.62. The number of benzene rings is 2. The first-order chi connectivity index (χ1) is 15.4. The molecule has 2 aromatic rings. The first kappa shape index (κ1) is 23.9. The van der Waals surface area contributed by atoms with Gasteiger partial charge >= 0.3 is 0 Å². The Balaban J connectivity index is 1.57. The number of hydrogen-bond acceptors (Lipinski definition) is 5. The van der Waals surface area contributed by atoms with Crippen LogP contribution in [-0.2, 0) is 21.4 Å². The minimum Gasteiger partial charge on any atom is -0.494 e. The second-order valence-corrected chi connectivity index (χ2v) is 10.0. The Labute approximate surface area is 191 Å². The molecule has 1 fully saturated rings. The number of carbonyl (C=O) groups is 1. The zero-order valence-electron chi connectivity index (χ0n) is 18.9. The molecule has 8 heteroatoms. The van der Waals surface area contributed by atoms with E-state index < -0.39 is 10.0 Å². The van der Waals surface area contributed by atoms with Crippen molar-refractivity contribution in [3.63, 3.8) is 0 Å². The fraction of sp³-hybridized carbons (Fsp3) is 0.458. The first-order valence-electron chi connectivity index (χ1n) is 11.2. The van der Waals surface area contributed by atoms with Crippen molar-refractivity contribution in [1.82, 2.24) is 5.32 Å². The van der Waals surface area contributed by atoms with E-state index in [-0.39, 0.29) is 12.5 Å². The summed E-state index contributed by atoms with van der Waals surface area (Å²) in [6.07, 6.45) is 5.73. The summed E-state index contributed by atoms with van der Waals surface area (Å²) in [5.74, 6) is 0.309. The van der Waals surface area contributed by atoms with E-state index in [2.05, 4.69) is 22.3 Å². The van der Waals surface area contributed by atoms with Crippen LogP contribution in [-0.4, -0.2) is 46.8 Å². The maximum Gasteiger partial charge on any atom is 0.241 e. The Morgan fingerprint density at radius 2 is 1.69 bits per heavy atom. The fourth-order valence-corrected chi connectivity index (χ4v) is 4.55. The van der Waals surface area contributed by atoms with Crippen LogP contribution < -0.4 is 19.3 Å². The molecule has 2 aromatic carbocycles. The minimum absolute atomic E-state index is 0.278. The Morgan fingerprint density at radius 1 is 1.03 bits per heavy atom. The highest BCUT2D eigenvalue weighted by Crippen LogP contribution is 2.22. The van der Waals surface area contributed by atoms with Crippen molar-refractivity contribution >= 4 is 27.3 Å². The van der Waals surface area contributed by atoms with Crippen LogP contribution >= 0.6 is 0 Å². The van der Waals surface area contributed by atoms with Gasteiger partial charge in [-0.15, -0.1) is 0 Å². The molecule has 0 aromatic heterocycles. The molecule has 1 heterocycles. The van der Waals surface area contributed by atoms with Crippen LogP contribution in [0, 0.1) is 0 Å². The number of carbonyl (C=O) groups excluding carboxylic acids is 1. The molecular weight excluding hydrogens is 426 g/mol. The molecule has 7 nitrogen and oxygen atoms in total. The first-order valence-corrected chi connectivity index (χ1v) is 13.0. The van der Waals surface area contributed by atoms with Gasteiger partial charge in [-0.25, -0.2) is 8.42 Å². The minimum atomic E-state index is -3.62. The summed E-state index contributed by atoms with van der Waals surface area (Å²) in [6.45, 7) is 4.85. The maximum absolute atomic E-state index is 12.5. The lowest BCUT2D eigenvalue weighted by Crippen LogP contribution is -2.40. The van der Waals surface area contributed by atoms with Crippen LogP contribution in [0.25, 0.3) is 0 Å². The number of nitrogens with one attached hydrogen (secondary N) is 1. The highest BCUT2D eigenvalue weighted by molar-refractivity contribution is 7.92. The molecular formula is C24H33N3O4S. The van der Waals surface area contributed by atoms with E-state index in [0.717, 1.165) is 35.6 Å². The average Bonchev–Trinajstić information content (AvgIpc) is 2.80. The molecule has 0 radical (unpaired) electrons. The van der Waals surface area contributed by atoms with Crippen LogP contribution in [0.2, 0.25) is 0 Å². The van der Waals surface area contributed by atoms with Gasteiger partial charge in [0.05, 0.1) is 18.6 Å². The molecule has 3 rings (SSSR count). The van der Waals surface area contributed by atoms with E-state index in [1.165, 1.54) is 24.9 Å². The van der Waals surface area contributed by atoms with Crippen molar-refractivity contribution < 1.29 is 17.9 Å². The zero-order valence-corrected chi connectivity index (χ0v) is 19.7. The summed E-state index contributed by atoms with van der Waals surface area (Å²) in [5, 5.41) is 2.83. The number of ether oxygens (including phenoxy) is 1. The topological polar surface area (TPSA) is 79.0 Å². The van der Waals surface area contributed by atoms with Crippen molar-refractivity contribution in [2.45, 2.75) is 39.2 Å². The van der Waals surface area contributed by atoms with E-state index in [9.17, 15) is 13.2 Å². The van der Waals surface area contributed by atoms with Gasteiger partial charge in [0.2, 0.25) is 15.9 Å². The third-order valence-corrected chi connectivity index (χ3v) is 6.57. The Hall–Kier alpha value is -2.74. The van der Waals surface area contributed by atoms with Crippen LogP contribution in [0.3, 0.4) is 0 Å². The quantitative estimate of drug-likeness (QED) is 0.588. The van der Waals surface area contributed by atoms with Gasteiger partial charge in [-0.1, -0.05) is 19.1 Å². The molecule has 32 heavy (non-hydrogen) atoms. The lowest BCUT2D eigenvalue weighted by atomic mass is 10.1. The van der Waals surface area contributed by atoms with Crippen molar-refractivity contribution in [1.29, 1.82) is 0 Å². The normalized spacial score (nSPS) is 14.1. The van der Waals surface area contributed by atoms with E-state index in [0.29, 0.717) is 24.6 Å². The molecule has 1 amide bonds. The molecule has 0 atom stereocenters. The SMILES string of the molecule is CCCOc1ccc(N(CC(=O)NCc2ccc(N3CCCCC3)cc2)S(C)(=O)=O)cc1. The maximum atomic E-state index is 12.5. The monoisotopic (exact) mass is 459 g/mol. The van der Waals surface area contributed by atoms with Gasteiger partial charge < -0.3 is 15.0 Å². The standard InChI is InChI=1S/C24H33N3O4S/c1-3-17-31-23-13-11-22(12-14-23)27(32(2,29)30)19-24(28)25-18-20-7-9-21(10-8-20)26-15-5-4-6-16-26/h7-14H,3-6,15-19H2,1-2H3,(H,25,28). The average molecular weight is 460 g/mol. The predicted octanol–water partition coefficient (Wildman–Crippen LogP) is 3.55. The van der Waals surface area contributed by atoms with Gasteiger partial charge in [0.1, 0.15) is 12.3 Å². The van der Waals surface area contributed by atoms with Crippen LogP contribution in [0.1, 0.15) is 38.2 Å². The van der Waals surface area contributed by atoms with Crippen molar-refractivity contribution in [2.24, 2.45) is 0 Å². The molecule has 1 aliphatic rings. The molecule has 1 aliphatic heterocycles. The summed E-state index contributed by atoms with van der Waals surface area (Å²) in [6, 6.07) is 14.9. The number of rotatable bonds is 10.